The SMILES string of the molecule is C[NH+](CCOc1ccccc1)CC(=O)NCc1ccc(C[NH+]2CCOCC2)cc1. The average molecular weight is 400 g/mol. The van der Waals surface area contributed by atoms with E-state index in [1.807, 2.05) is 37.4 Å². The highest BCUT2D eigenvalue weighted by molar-refractivity contribution is 5.76. The number of benzene rings is 2. The van der Waals surface area contributed by atoms with E-state index in [1.54, 1.807) is 4.90 Å². The van der Waals surface area contributed by atoms with Crippen LogP contribution in [0.3, 0.4) is 0 Å². The number of para-hydroxylation sites is 1. The molecule has 156 valence electrons. The van der Waals surface area contributed by atoms with E-state index >= 15 is 0 Å². The van der Waals surface area contributed by atoms with Crippen molar-refractivity contribution in [2.24, 2.45) is 0 Å². The molecule has 6 nitrogen and oxygen atoms in total. The van der Waals surface area contributed by atoms with Gasteiger partial charge in [-0.1, -0.05) is 42.5 Å². The van der Waals surface area contributed by atoms with E-state index in [-0.39, 0.29) is 5.91 Å². The predicted molar refractivity (Wildman–Crippen MR) is 112 cm³/mol. The van der Waals surface area contributed by atoms with Gasteiger partial charge in [-0.2, -0.15) is 0 Å². The van der Waals surface area contributed by atoms with Crippen LogP contribution < -0.4 is 19.9 Å². The van der Waals surface area contributed by atoms with Crippen molar-refractivity contribution in [3.8, 4) is 5.75 Å². The van der Waals surface area contributed by atoms with Crippen LogP contribution in [-0.4, -0.2) is 59.0 Å². The van der Waals surface area contributed by atoms with Crippen LogP contribution in [0.15, 0.2) is 54.6 Å². The number of hydrogen-bond acceptors (Lipinski definition) is 3. The molecule has 0 spiro atoms. The van der Waals surface area contributed by atoms with Crippen molar-refractivity contribution in [3.63, 3.8) is 0 Å². The zero-order valence-corrected chi connectivity index (χ0v) is 17.3. The predicted octanol–water partition coefficient (Wildman–Crippen LogP) is -0.688. The molecule has 0 aromatic heterocycles. The second-order valence-corrected chi connectivity index (χ2v) is 7.68. The van der Waals surface area contributed by atoms with E-state index in [0.717, 1.165) is 55.6 Å². The number of ether oxygens (including phenoxy) is 2. The summed E-state index contributed by atoms with van der Waals surface area (Å²) in [4.78, 5) is 14.9. The number of morpholine rings is 1. The lowest BCUT2D eigenvalue weighted by molar-refractivity contribution is -0.921. The molecule has 0 aliphatic carbocycles. The molecule has 1 aliphatic rings. The standard InChI is InChI=1S/C23H31N3O3/c1-25(11-16-29-22-5-3-2-4-6-22)19-23(27)24-17-20-7-9-21(10-8-20)18-26-12-14-28-15-13-26/h2-10H,11-19H2,1H3,(H,24,27)/p+2. The number of carbonyl (C=O) groups is 1. The summed E-state index contributed by atoms with van der Waals surface area (Å²) in [6.45, 7) is 7.27. The Labute approximate surface area is 173 Å². The number of likely N-dealkylation sites (N-methyl/N-ethyl adjacent to an activating group) is 1. The number of quaternary nitrogens is 2. The van der Waals surface area contributed by atoms with Gasteiger partial charge in [-0.15, -0.1) is 0 Å². The Morgan fingerprint density at radius 1 is 1.07 bits per heavy atom. The Bertz CT molecular complexity index is 731. The van der Waals surface area contributed by atoms with Crippen molar-refractivity contribution in [1.29, 1.82) is 0 Å². The average Bonchev–Trinajstić information content (AvgIpc) is 2.75. The van der Waals surface area contributed by atoms with Crippen molar-refractivity contribution in [2.75, 3.05) is 53.0 Å². The molecule has 2 aromatic carbocycles. The van der Waals surface area contributed by atoms with Gasteiger partial charge in [0.2, 0.25) is 0 Å². The first-order valence-electron chi connectivity index (χ1n) is 10.4. The molecule has 6 heteroatoms. The summed E-state index contributed by atoms with van der Waals surface area (Å²) in [6, 6.07) is 18.3. The number of hydrogen-bond donors (Lipinski definition) is 3. The largest absolute Gasteiger partial charge is 0.488 e. The molecule has 1 unspecified atom stereocenters. The van der Waals surface area contributed by atoms with Gasteiger partial charge in [-0.3, -0.25) is 4.79 Å². The molecule has 1 aliphatic heterocycles. The zero-order valence-electron chi connectivity index (χ0n) is 17.3. The molecule has 0 radical (unpaired) electrons. The summed E-state index contributed by atoms with van der Waals surface area (Å²) in [6.07, 6.45) is 0. The molecule has 3 N–H and O–H groups in total. The quantitative estimate of drug-likeness (QED) is 0.496. The van der Waals surface area contributed by atoms with Gasteiger partial charge in [0, 0.05) is 12.1 Å². The Balaban J connectivity index is 1.32. The lowest BCUT2D eigenvalue weighted by Gasteiger charge is -2.23. The summed E-state index contributed by atoms with van der Waals surface area (Å²) in [5.74, 6) is 0.924. The third-order valence-electron chi connectivity index (χ3n) is 5.17. The van der Waals surface area contributed by atoms with E-state index in [1.165, 1.54) is 5.56 Å². The minimum absolute atomic E-state index is 0.0593. The molecular formula is C23H33N3O3+2. The maximum atomic E-state index is 12.2. The minimum Gasteiger partial charge on any atom is -0.488 e. The third kappa shape index (κ3) is 7.85. The van der Waals surface area contributed by atoms with Crippen molar-refractivity contribution in [2.45, 2.75) is 13.1 Å². The van der Waals surface area contributed by atoms with Crippen LogP contribution in [0.25, 0.3) is 0 Å². The van der Waals surface area contributed by atoms with Gasteiger partial charge >= 0.3 is 0 Å². The monoisotopic (exact) mass is 399 g/mol. The summed E-state index contributed by atoms with van der Waals surface area (Å²) >= 11 is 0. The number of amides is 1. The van der Waals surface area contributed by atoms with Gasteiger partial charge < -0.3 is 24.6 Å². The van der Waals surface area contributed by atoms with Crippen LogP contribution in [0.2, 0.25) is 0 Å². The Hall–Kier alpha value is -2.41. The van der Waals surface area contributed by atoms with Crippen molar-refractivity contribution < 1.29 is 24.1 Å². The third-order valence-corrected chi connectivity index (χ3v) is 5.17. The summed E-state index contributed by atoms with van der Waals surface area (Å²) in [5.41, 5.74) is 2.46. The van der Waals surface area contributed by atoms with Crippen LogP contribution in [0.1, 0.15) is 11.1 Å². The van der Waals surface area contributed by atoms with Gasteiger partial charge in [0.1, 0.15) is 38.5 Å². The Morgan fingerprint density at radius 2 is 1.76 bits per heavy atom. The van der Waals surface area contributed by atoms with Gasteiger partial charge in [0.15, 0.2) is 6.54 Å². The molecule has 0 saturated carbocycles. The van der Waals surface area contributed by atoms with E-state index in [0.29, 0.717) is 19.7 Å². The lowest BCUT2D eigenvalue weighted by Crippen LogP contribution is -3.12. The fraction of sp³-hybridized carbons (Fsp3) is 0.435. The highest BCUT2D eigenvalue weighted by Crippen LogP contribution is 2.07. The first-order valence-corrected chi connectivity index (χ1v) is 10.4. The van der Waals surface area contributed by atoms with E-state index in [4.69, 9.17) is 9.47 Å². The van der Waals surface area contributed by atoms with E-state index in [2.05, 4.69) is 29.6 Å². The smallest absolute Gasteiger partial charge is 0.275 e. The Morgan fingerprint density at radius 3 is 2.48 bits per heavy atom. The second kappa shape index (κ2) is 11.6. The first kappa shape index (κ1) is 21.3. The van der Waals surface area contributed by atoms with Crippen LogP contribution in [-0.2, 0) is 22.6 Å². The van der Waals surface area contributed by atoms with Gasteiger partial charge in [0.25, 0.3) is 5.91 Å². The van der Waals surface area contributed by atoms with Crippen LogP contribution in [0, 0.1) is 0 Å². The fourth-order valence-corrected chi connectivity index (χ4v) is 3.39. The zero-order chi connectivity index (χ0) is 20.3. The molecule has 29 heavy (non-hydrogen) atoms. The fourth-order valence-electron chi connectivity index (χ4n) is 3.39. The van der Waals surface area contributed by atoms with E-state index in [9.17, 15) is 4.79 Å². The molecule has 1 saturated heterocycles. The van der Waals surface area contributed by atoms with Gasteiger partial charge in [0.05, 0.1) is 20.3 Å². The van der Waals surface area contributed by atoms with Gasteiger partial charge in [-0.25, -0.2) is 0 Å². The van der Waals surface area contributed by atoms with Crippen molar-refractivity contribution in [3.05, 3.63) is 65.7 Å². The molecule has 1 fully saturated rings. The highest BCUT2D eigenvalue weighted by Gasteiger charge is 2.14. The topological polar surface area (TPSA) is 56.4 Å². The highest BCUT2D eigenvalue weighted by atomic mass is 16.5. The molecule has 0 bridgehead atoms. The first-order chi connectivity index (χ1) is 14.2. The van der Waals surface area contributed by atoms with Crippen LogP contribution >= 0.6 is 0 Å². The van der Waals surface area contributed by atoms with Crippen LogP contribution in [0.4, 0.5) is 0 Å². The number of carbonyl (C=O) groups excluding carboxylic acids is 1. The molecule has 1 atom stereocenters. The summed E-state index contributed by atoms with van der Waals surface area (Å²) in [5, 5.41) is 3.02. The normalized spacial score (nSPS) is 15.6. The lowest BCUT2D eigenvalue weighted by atomic mass is 10.1. The molecule has 2 aromatic rings. The van der Waals surface area contributed by atoms with Crippen molar-refractivity contribution >= 4 is 5.91 Å². The maximum Gasteiger partial charge on any atom is 0.275 e. The van der Waals surface area contributed by atoms with Crippen LogP contribution in [0.5, 0.6) is 5.75 Å². The Kier molecular flexibility index (Phi) is 8.49. The summed E-state index contributed by atoms with van der Waals surface area (Å²) in [7, 11) is 2.01. The molecule has 3 rings (SSSR count). The number of nitrogens with one attached hydrogen (secondary N) is 3. The molecule has 1 amide bonds. The van der Waals surface area contributed by atoms with Gasteiger partial charge in [-0.05, 0) is 17.7 Å². The maximum absolute atomic E-state index is 12.2. The number of rotatable bonds is 10. The summed E-state index contributed by atoms with van der Waals surface area (Å²) < 4.78 is 11.1. The molecular weight excluding hydrogens is 366 g/mol. The van der Waals surface area contributed by atoms with E-state index < -0.39 is 0 Å². The molecule has 1 heterocycles. The second-order valence-electron chi connectivity index (χ2n) is 7.68. The van der Waals surface area contributed by atoms with Crippen molar-refractivity contribution in [1.82, 2.24) is 5.32 Å². The minimum atomic E-state index is 0.0593.